The second kappa shape index (κ2) is 5.70. The highest BCUT2D eigenvalue weighted by Gasteiger charge is 1.94. The van der Waals surface area contributed by atoms with Crippen LogP contribution in [0, 0.1) is 0 Å². The Morgan fingerprint density at radius 2 is 1.86 bits per heavy atom. The molecule has 14 heavy (non-hydrogen) atoms. The number of hydrogen-bond acceptors (Lipinski definition) is 1. The van der Waals surface area contributed by atoms with Gasteiger partial charge in [0.25, 0.3) is 0 Å². The van der Waals surface area contributed by atoms with Gasteiger partial charge in [-0.05, 0) is 12.2 Å². The van der Waals surface area contributed by atoms with E-state index < -0.39 is 0 Å². The molecule has 0 aliphatic carbocycles. The van der Waals surface area contributed by atoms with E-state index in [1.54, 1.807) is 24.4 Å². The molecule has 0 saturated carbocycles. The first kappa shape index (κ1) is 10.2. The molecule has 0 saturated heterocycles. The van der Waals surface area contributed by atoms with Crippen LogP contribution in [0.15, 0.2) is 72.9 Å². The topological polar surface area (TPSA) is 12.4 Å². The smallest absolute Gasteiger partial charge is 0.0696 e. The minimum Gasteiger partial charge on any atom is -0.256 e. The Labute approximate surface area is 84.8 Å². The summed E-state index contributed by atoms with van der Waals surface area (Å²) in [5.74, 6) is 0. The SMILES string of the molecule is C=C/C=C\N=C(C=C)c1ccccc1. The Bertz CT molecular complexity index is 358. The van der Waals surface area contributed by atoms with Crippen LogP contribution in [0.4, 0.5) is 0 Å². The van der Waals surface area contributed by atoms with Crippen LogP contribution in [0.25, 0.3) is 0 Å². The van der Waals surface area contributed by atoms with Gasteiger partial charge >= 0.3 is 0 Å². The zero-order valence-corrected chi connectivity index (χ0v) is 8.06. The fourth-order valence-corrected chi connectivity index (χ4v) is 1.04. The fourth-order valence-electron chi connectivity index (χ4n) is 1.04. The largest absolute Gasteiger partial charge is 0.256 e. The zero-order chi connectivity index (χ0) is 10.2. The van der Waals surface area contributed by atoms with Crippen LogP contribution < -0.4 is 0 Å². The predicted octanol–water partition coefficient (Wildman–Crippen LogP) is 3.36. The lowest BCUT2D eigenvalue weighted by Gasteiger charge is -1.97. The van der Waals surface area contributed by atoms with Gasteiger partial charge in [0.1, 0.15) is 0 Å². The molecule has 0 amide bonds. The zero-order valence-electron chi connectivity index (χ0n) is 8.06. The van der Waals surface area contributed by atoms with Gasteiger partial charge in [-0.15, -0.1) is 0 Å². The summed E-state index contributed by atoms with van der Waals surface area (Å²) in [4.78, 5) is 4.25. The van der Waals surface area contributed by atoms with Crippen molar-refractivity contribution in [3.63, 3.8) is 0 Å². The normalized spacial score (nSPS) is 11.6. The van der Waals surface area contributed by atoms with Gasteiger partial charge in [0.05, 0.1) is 5.71 Å². The van der Waals surface area contributed by atoms with Crippen LogP contribution in [0.5, 0.6) is 0 Å². The first-order valence-electron chi connectivity index (χ1n) is 4.41. The number of aliphatic imine (C=N–C) groups is 1. The summed E-state index contributed by atoms with van der Waals surface area (Å²) in [5.41, 5.74) is 1.93. The van der Waals surface area contributed by atoms with Gasteiger partial charge in [-0.3, -0.25) is 4.99 Å². The highest BCUT2D eigenvalue weighted by atomic mass is 14.7. The molecule has 1 aromatic carbocycles. The quantitative estimate of drug-likeness (QED) is 0.501. The number of allylic oxidation sites excluding steroid dienone is 3. The Hall–Kier alpha value is -1.89. The Kier molecular flexibility index (Phi) is 4.15. The molecule has 1 aromatic rings. The lowest BCUT2D eigenvalue weighted by Crippen LogP contribution is -1.93. The van der Waals surface area contributed by atoms with Gasteiger partial charge in [0.2, 0.25) is 0 Å². The van der Waals surface area contributed by atoms with Crippen molar-refractivity contribution in [3.05, 3.63) is 73.5 Å². The summed E-state index contributed by atoms with van der Waals surface area (Å²) in [6.07, 6.45) is 6.92. The predicted molar refractivity (Wildman–Crippen MR) is 62.5 cm³/mol. The molecule has 0 unspecified atom stereocenters. The molecule has 70 valence electrons. The van der Waals surface area contributed by atoms with Crippen molar-refractivity contribution in [1.82, 2.24) is 0 Å². The highest BCUT2D eigenvalue weighted by Crippen LogP contribution is 2.02. The molecule has 1 heteroatoms. The maximum absolute atomic E-state index is 4.25. The van der Waals surface area contributed by atoms with Crippen molar-refractivity contribution >= 4 is 5.71 Å². The second-order valence-corrected chi connectivity index (χ2v) is 2.66. The molecular weight excluding hydrogens is 170 g/mol. The Balaban J connectivity index is 2.93. The van der Waals surface area contributed by atoms with E-state index >= 15 is 0 Å². The fraction of sp³-hybridized carbons (Fsp3) is 0. The van der Waals surface area contributed by atoms with Crippen LogP contribution in [-0.2, 0) is 0 Å². The van der Waals surface area contributed by atoms with Gasteiger partial charge in [-0.2, -0.15) is 0 Å². The summed E-state index contributed by atoms with van der Waals surface area (Å²) >= 11 is 0. The molecule has 0 aliphatic heterocycles. The summed E-state index contributed by atoms with van der Waals surface area (Å²) < 4.78 is 0. The van der Waals surface area contributed by atoms with Crippen molar-refractivity contribution in [2.75, 3.05) is 0 Å². The van der Waals surface area contributed by atoms with Crippen molar-refractivity contribution in [3.8, 4) is 0 Å². The van der Waals surface area contributed by atoms with E-state index in [4.69, 9.17) is 0 Å². The van der Waals surface area contributed by atoms with Gasteiger partial charge in [-0.1, -0.05) is 49.6 Å². The van der Waals surface area contributed by atoms with Crippen LogP contribution >= 0.6 is 0 Å². The molecule has 0 heterocycles. The Morgan fingerprint density at radius 3 is 2.43 bits per heavy atom. The summed E-state index contributed by atoms with van der Waals surface area (Å²) in [7, 11) is 0. The lowest BCUT2D eigenvalue weighted by molar-refractivity contribution is 1.53. The van der Waals surface area contributed by atoms with E-state index in [0.29, 0.717) is 0 Å². The molecule has 1 nitrogen and oxygen atoms in total. The monoisotopic (exact) mass is 183 g/mol. The van der Waals surface area contributed by atoms with Crippen molar-refractivity contribution in [1.29, 1.82) is 0 Å². The standard InChI is InChI=1S/C13H13N/c1-3-5-11-14-13(4-2)12-9-7-6-8-10-12/h3-11H,1-2H2/b11-5-,14-13?. The van der Waals surface area contributed by atoms with Crippen LogP contribution in [-0.4, -0.2) is 5.71 Å². The molecule has 0 bridgehead atoms. The molecule has 0 N–H and O–H groups in total. The van der Waals surface area contributed by atoms with E-state index in [1.165, 1.54) is 0 Å². The molecule has 0 atom stereocenters. The van der Waals surface area contributed by atoms with Crippen molar-refractivity contribution < 1.29 is 0 Å². The van der Waals surface area contributed by atoms with E-state index in [9.17, 15) is 0 Å². The third-order valence-electron chi connectivity index (χ3n) is 1.70. The van der Waals surface area contributed by atoms with Gasteiger partial charge < -0.3 is 0 Å². The molecule has 0 aromatic heterocycles. The summed E-state index contributed by atoms with van der Waals surface area (Å²) in [6.45, 7) is 7.30. The van der Waals surface area contributed by atoms with Gasteiger partial charge in [0.15, 0.2) is 0 Å². The Morgan fingerprint density at radius 1 is 1.14 bits per heavy atom. The molecular formula is C13H13N. The average Bonchev–Trinajstić information content (AvgIpc) is 2.26. The maximum atomic E-state index is 4.25. The molecule has 0 fully saturated rings. The third-order valence-corrected chi connectivity index (χ3v) is 1.70. The number of rotatable bonds is 4. The molecule has 0 radical (unpaired) electrons. The van der Waals surface area contributed by atoms with Gasteiger partial charge in [0, 0.05) is 11.8 Å². The third kappa shape index (κ3) is 2.87. The second-order valence-electron chi connectivity index (χ2n) is 2.66. The summed E-state index contributed by atoms with van der Waals surface area (Å²) in [5, 5.41) is 0. The van der Waals surface area contributed by atoms with E-state index in [-0.39, 0.29) is 0 Å². The van der Waals surface area contributed by atoms with Crippen LogP contribution in [0.2, 0.25) is 0 Å². The van der Waals surface area contributed by atoms with E-state index in [2.05, 4.69) is 18.2 Å². The summed E-state index contributed by atoms with van der Waals surface area (Å²) in [6, 6.07) is 9.94. The van der Waals surface area contributed by atoms with E-state index in [1.807, 2.05) is 30.3 Å². The lowest BCUT2D eigenvalue weighted by atomic mass is 10.1. The molecule has 0 aliphatic rings. The first-order valence-corrected chi connectivity index (χ1v) is 4.41. The highest BCUT2D eigenvalue weighted by molar-refractivity contribution is 6.08. The number of nitrogens with zero attached hydrogens (tertiary/aromatic N) is 1. The minimum atomic E-state index is 0.865. The van der Waals surface area contributed by atoms with Crippen molar-refractivity contribution in [2.45, 2.75) is 0 Å². The number of benzene rings is 1. The van der Waals surface area contributed by atoms with Crippen LogP contribution in [0.1, 0.15) is 5.56 Å². The van der Waals surface area contributed by atoms with Crippen LogP contribution in [0.3, 0.4) is 0 Å². The molecule has 1 rings (SSSR count). The van der Waals surface area contributed by atoms with Gasteiger partial charge in [-0.25, -0.2) is 0 Å². The van der Waals surface area contributed by atoms with Crippen molar-refractivity contribution in [2.24, 2.45) is 4.99 Å². The number of hydrogen-bond donors (Lipinski definition) is 0. The maximum Gasteiger partial charge on any atom is 0.0696 e. The minimum absolute atomic E-state index is 0.865. The first-order chi connectivity index (χ1) is 6.88. The average molecular weight is 183 g/mol. The van der Waals surface area contributed by atoms with E-state index in [0.717, 1.165) is 11.3 Å². The molecule has 0 spiro atoms.